The summed E-state index contributed by atoms with van der Waals surface area (Å²) in [5.74, 6) is -0.684. The molecule has 2 N–H and O–H groups in total. The number of nitrogens with zero attached hydrogens (tertiary/aromatic N) is 2. The minimum atomic E-state index is -3.60. The fourth-order valence-corrected chi connectivity index (χ4v) is 9.01. The highest BCUT2D eigenvalue weighted by Crippen LogP contribution is 2.67. The molecule has 3 aliphatic rings. The third-order valence-electron chi connectivity index (χ3n) is 9.95. The lowest BCUT2D eigenvalue weighted by atomic mass is 9.54. The van der Waals surface area contributed by atoms with Gasteiger partial charge in [-0.15, -0.1) is 0 Å². The van der Waals surface area contributed by atoms with E-state index < -0.39 is 44.4 Å². The summed E-state index contributed by atoms with van der Waals surface area (Å²) in [6.45, 7) is 18.4. The third kappa shape index (κ3) is 4.83. The number of aliphatic hydroxyl groups excluding tert-OH is 2. The summed E-state index contributed by atoms with van der Waals surface area (Å²) >= 11 is 0. The molecule has 3 aliphatic carbocycles. The third-order valence-corrected chi connectivity index (χ3v) is 11.7. The standard InChI is InChI=1S/C31H40FN2O4S/c1-21(14-18-39(37,38)27-12-10-25(32)11-13-27)30(33-4)16-17-31(34-5)24(7-6-15-29(30,31)3)9-8-23-19-26(35)20-28(36)22(23)2/h5,8-13,21,26,28,35-36H,2,4,6-7,14-20H2,1,3H3/q+1/b23-8-,24-9+/t21-,26-,28+,29-,30+,31-/m1/s1. The first-order valence-electron chi connectivity index (χ1n) is 13.7. The smallest absolute Gasteiger partial charge is 0.309 e. The number of rotatable bonds is 7. The van der Waals surface area contributed by atoms with Crippen LogP contribution in [0.1, 0.15) is 65.2 Å². The monoisotopic (exact) mass is 555 g/mol. The van der Waals surface area contributed by atoms with Gasteiger partial charge >= 0.3 is 5.54 Å². The highest BCUT2D eigenvalue weighted by Gasteiger charge is 2.75. The van der Waals surface area contributed by atoms with Crippen LogP contribution in [-0.2, 0) is 9.84 Å². The lowest BCUT2D eigenvalue weighted by Gasteiger charge is -2.49. The van der Waals surface area contributed by atoms with E-state index in [0.717, 1.165) is 42.5 Å². The van der Waals surface area contributed by atoms with E-state index in [1.54, 1.807) is 0 Å². The number of hydrogen-bond donors (Lipinski definition) is 2. The number of fused-ring (bicyclic) bond motifs is 1. The molecule has 0 unspecified atom stereocenters. The highest BCUT2D eigenvalue weighted by atomic mass is 32.2. The van der Waals surface area contributed by atoms with Crippen molar-refractivity contribution in [3.63, 3.8) is 0 Å². The second-order valence-corrected chi connectivity index (χ2v) is 13.8. The predicted molar refractivity (Wildman–Crippen MR) is 153 cm³/mol. The number of allylic oxidation sites excluding steroid dienone is 2. The molecule has 8 heteroatoms. The minimum Gasteiger partial charge on any atom is -0.393 e. The second kappa shape index (κ2) is 10.8. The van der Waals surface area contributed by atoms with E-state index in [1.165, 1.54) is 12.1 Å². The Kier molecular flexibility index (Phi) is 8.11. The minimum absolute atomic E-state index is 0.0819. The molecule has 0 amide bonds. The van der Waals surface area contributed by atoms with Gasteiger partial charge in [0.05, 0.1) is 33.8 Å². The van der Waals surface area contributed by atoms with E-state index in [-0.39, 0.29) is 23.0 Å². The predicted octanol–water partition coefficient (Wildman–Crippen LogP) is 5.68. The topological polar surface area (TPSA) is 91.3 Å². The van der Waals surface area contributed by atoms with Crippen molar-refractivity contribution in [3.05, 3.63) is 70.4 Å². The average Bonchev–Trinajstić information content (AvgIpc) is 3.18. The Morgan fingerprint density at radius 2 is 1.92 bits per heavy atom. The van der Waals surface area contributed by atoms with Gasteiger partial charge < -0.3 is 10.2 Å². The van der Waals surface area contributed by atoms with Crippen molar-refractivity contribution in [3.8, 4) is 6.57 Å². The summed E-state index contributed by atoms with van der Waals surface area (Å²) < 4.78 is 39.4. The molecule has 6 nitrogen and oxygen atoms in total. The number of sulfone groups is 1. The van der Waals surface area contributed by atoms with Gasteiger partial charge in [-0.25, -0.2) is 12.8 Å². The zero-order valence-corrected chi connectivity index (χ0v) is 23.8. The number of hydrogen-bond acceptors (Lipinski definition) is 5. The maximum Gasteiger partial charge on any atom is 0.309 e. The van der Waals surface area contributed by atoms with Crippen LogP contribution in [0.3, 0.4) is 0 Å². The zero-order valence-electron chi connectivity index (χ0n) is 22.9. The van der Waals surface area contributed by atoms with E-state index in [2.05, 4.69) is 25.1 Å². The van der Waals surface area contributed by atoms with E-state index in [0.29, 0.717) is 31.3 Å². The Labute approximate surface area is 231 Å². The Hall–Kier alpha value is -2.60. The van der Waals surface area contributed by atoms with Crippen molar-refractivity contribution < 1.29 is 23.0 Å². The molecule has 3 saturated carbocycles. The molecule has 39 heavy (non-hydrogen) atoms. The van der Waals surface area contributed by atoms with Crippen molar-refractivity contribution in [1.82, 2.24) is 0 Å². The summed E-state index contributed by atoms with van der Waals surface area (Å²) in [6.07, 6.45) is 7.52. The van der Waals surface area contributed by atoms with Crippen LogP contribution >= 0.6 is 0 Å². The van der Waals surface area contributed by atoms with Crippen LogP contribution in [0.15, 0.2) is 69.6 Å². The molecule has 0 spiro atoms. The second-order valence-electron chi connectivity index (χ2n) is 11.7. The Morgan fingerprint density at radius 3 is 2.56 bits per heavy atom. The first-order chi connectivity index (χ1) is 18.4. The van der Waals surface area contributed by atoms with Gasteiger partial charge in [-0.3, -0.25) is 4.99 Å². The lowest BCUT2D eigenvalue weighted by Crippen LogP contribution is -2.56. The van der Waals surface area contributed by atoms with Crippen molar-refractivity contribution in [2.45, 2.75) is 93.4 Å². The summed E-state index contributed by atoms with van der Waals surface area (Å²) in [5, 5.41) is 20.4. The molecule has 1 aromatic rings. The quantitative estimate of drug-likeness (QED) is 0.335. The molecular weight excluding hydrogens is 515 g/mol. The van der Waals surface area contributed by atoms with Gasteiger partial charge in [0.15, 0.2) is 9.84 Å². The molecule has 1 aromatic carbocycles. The molecule has 0 bridgehead atoms. The molecule has 0 aliphatic heterocycles. The van der Waals surface area contributed by atoms with Gasteiger partial charge in [0.2, 0.25) is 0 Å². The molecule has 210 valence electrons. The van der Waals surface area contributed by atoms with Crippen LogP contribution in [0.25, 0.3) is 4.85 Å². The van der Waals surface area contributed by atoms with Crippen molar-refractivity contribution in [1.29, 1.82) is 0 Å². The van der Waals surface area contributed by atoms with Crippen molar-refractivity contribution >= 4 is 16.6 Å². The Bertz CT molecular complexity index is 1350. The highest BCUT2D eigenvalue weighted by molar-refractivity contribution is 7.91. The van der Waals surface area contributed by atoms with E-state index >= 15 is 0 Å². The number of benzene rings is 1. The summed E-state index contributed by atoms with van der Waals surface area (Å²) in [7, 11) is -3.60. The Morgan fingerprint density at radius 1 is 1.23 bits per heavy atom. The van der Waals surface area contributed by atoms with Crippen molar-refractivity contribution in [2.24, 2.45) is 16.3 Å². The largest absolute Gasteiger partial charge is 0.393 e. The molecule has 0 heterocycles. The van der Waals surface area contributed by atoms with Gasteiger partial charge in [0.1, 0.15) is 5.82 Å². The fourth-order valence-electron chi connectivity index (χ4n) is 7.56. The first kappa shape index (κ1) is 29.4. The maximum absolute atomic E-state index is 13.3. The molecule has 3 fully saturated rings. The molecule has 4 rings (SSSR count). The first-order valence-corrected chi connectivity index (χ1v) is 15.3. The van der Waals surface area contributed by atoms with E-state index in [4.69, 9.17) is 11.6 Å². The molecule has 6 atom stereocenters. The fraction of sp³-hybridized carbons (Fsp3) is 0.548. The van der Waals surface area contributed by atoms with E-state index in [1.807, 2.05) is 19.1 Å². The van der Waals surface area contributed by atoms with Gasteiger partial charge in [-0.1, -0.05) is 30.5 Å². The average molecular weight is 556 g/mol. The Balaban J connectivity index is 1.64. The van der Waals surface area contributed by atoms with Crippen LogP contribution in [0.2, 0.25) is 0 Å². The van der Waals surface area contributed by atoms with E-state index in [9.17, 15) is 23.0 Å². The maximum atomic E-state index is 13.3. The summed E-state index contributed by atoms with van der Waals surface area (Å²) in [4.78, 5) is 9.38. The SMILES string of the molecule is C#[N+][C@@]12CC[C@](N=C)([C@H](C)CCS(=O)(=O)c3ccc(F)cc3)[C@@]1(C)CCC/C2=C\C=C1\C[C@@H](O)C[C@H](O)C1=C. The van der Waals surface area contributed by atoms with Crippen molar-refractivity contribution in [2.75, 3.05) is 5.75 Å². The molecule has 0 saturated heterocycles. The van der Waals surface area contributed by atoms with Crippen LogP contribution in [-0.4, -0.2) is 54.4 Å². The zero-order chi connectivity index (χ0) is 28.6. The van der Waals surface area contributed by atoms with Gasteiger partial charge in [0.25, 0.3) is 6.57 Å². The summed E-state index contributed by atoms with van der Waals surface area (Å²) in [5.41, 5.74) is 0.700. The van der Waals surface area contributed by atoms with Gasteiger partial charge in [0, 0.05) is 18.4 Å². The van der Waals surface area contributed by atoms with Crippen LogP contribution in [0.5, 0.6) is 0 Å². The van der Waals surface area contributed by atoms with Crippen LogP contribution in [0, 0.1) is 23.7 Å². The normalized spacial score (nSPS) is 35.9. The van der Waals surface area contributed by atoms with Gasteiger partial charge in [-0.2, -0.15) is 0 Å². The number of aliphatic hydroxyl groups is 2. The number of aliphatic imine (C=N–C) groups is 1. The molecule has 0 radical (unpaired) electrons. The molecular formula is C31H40FN2O4S+. The van der Waals surface area contributed by atoms with Gasteiger partial charge in [-0.05, 0) is 93.5 Å². The lowest BCUT2D eigenvalue weighted by molar-refractivity contribution is 0.0661. The molecule has 0 aromatic heterocycles. The van der Waals surface area contributed by atoms with Crippen LogP contribution in [0.4, 0.5) is 4.39 Å². The summed E-state index contributed by atoms with van der Waals surface area (Å²) in [6, 6.07) is 4.93. The van der Waals surface area contributed by atoms with Crippen LogP contribution < -0.4 is 0 Å². The number of halogens is 1.